The zero-order chi connectivity index (χ0) is 30.3. The van der Waals surface area contributed by atoms with Crippen LogP contribution in [-0.4, -0.2) is 45.7 Å². The van der Waals surface area contributed by atoms with Gasteiger partial charge in [0, 0.05) is 42.8 Å². The number of amides is 3. The van der Waals surface area contributed by atoms with E-state index >= 15 is 4.39 Å². The fourth-order valence-corrected chi connectivity index (χ4v) is 5.08. The molecule has 1 saturated heterocycles. The molecule has 1 atom stereocenters. The van der Waals surface area contributed by atoms with E-state index in [-0.39, 0.29) is 17.0 Å². The van der Waals surface area contributed by atoms with E-state index in [0.717, 1.165) is 31.4 Å². The average molecular weight is 606 g/mol. The number of alkyl halides is 6. The van der Waals surface area contributed by atoms with E-state index in [9.17, 15) is 35.9 Å². The number of benzene rings is 1. The number of hydrogen-bond donors (Lipinski definition) is 4. The van der Waals surface area contributed by atoms with Gasteiger partial charge in [-0.1, -0.05) is 6.42 Å². The van der Waals surface area contributed by atoms with Gasteiger partial charge in [-0.2, -0.15) is 31.4 Å². The minimum absolute atomic E-state index is 0.0145. The molecule has 4 N–H and O–H groups in total. The number of hydrazine groups is 3. The number of ether oxygens (including phenoxy) is 1. The second-order valence-corrected chi connectivity index (χ2v) is 10.3. The lowest BCUT2D eigenvalue weighted by molar-refractivity contribution is -0.203. The maximum absolute atomic E-state index is 15.4. The highest BCUT2D eigenvalue weighted by molar-refractivity contribution is 6.05. The number of nitrogens with one attached hydrogen (secondary N) is 4. The lowest BCUT2D eigenvalue weighted by Crippen LogP contribution is -2.61. The molecule has 0 bridgehead atoms. The van der Waals surface area contributed by atoms with Gasteiger partial charge in [0.25, 0.3) is 5.91 Å². The Bertz CT molecular complexity index is 1390. The maximum atomic E-state index is 15.4. The summed E-state index contributed by atoms with van der Waals surface area (Å²) in [6.07, 6.45) is -7.71. The van der Waals surface area contributed by atoms with Crippen molar-refractivity contribution in [2.45, 2.75) is 63.0 Å². The third-order valence-corrected chi connectivity index (χ3v) is 7.41. The molecular weight excluding hydrogens is 579 g/mol. The van der Waals surface area contributed by atoms with E-state index in [1.54, 1.807) is 10.9 Å². The summed E-state index contributed by atoms with van der Waals surface area (Å²) in [5.41, 5.74) is 1.77. The summed E-state index contributed by atoms with van der Waals surface area (Å²) in [5, 5.41) is 6.94. The minimum Gasteiger partial charge on any atom is -0.493 e. The summed E-state index contributed by atoms with van der Waals surface area (Å²) in [7, 11) is 0. The molecule has 1 aromatic carbocycles. The van der Waals surface area contributed by atoms with Gasteiger partial charge in [-0.3, -0.25) is 14.9 Å². The second kappa shape index (κ2) is 11.1. The molecule has 1 saturated carbocycles. The molecule has 2 aromatic rings. The van der Waals surface area contributed by atoms with E-state index in [1.165, 1.54) is 6.07 Å². The number of carbonyl (C=O) groups is 2. The third kappa shape index (κ3) is 5.88. The van der Waals surface area contributed by atoms with Gasteiger partial charge in [-0.25, -0.2) is 14.2 Å². The Balaban J connectivity index is 1.51. The zero-order valence-electron chi connectivity index (χ0n) is 21.8. The Morgan fingerprint density at radius 2 is 1.86 bits per heavy atom. The van der Waals surface area contributed by atoms with Crippen molar-refractivity contribution in [2.24, 2.45) is 5.92 Å². The van der Waals surface area contributed by atoms with Crippen molar-refractivity contribution in [1.82, 2.24) is 36.6 Å². The van der Waals surface area contributed by atoms with Gasteiger partial charge >= 0.3 is 18.4 Å². The summed E-state index contributed by atoms with van der Waals surface area (Å²) in [5.74, 6) is -2.67. The SMILES string of the molecule is O=C1N[C@@](c2ccc(OCCCC(F)(F)F)cc2F)(C(F)(F)F)CC(c2ccn(CC3CCC3)n2)=C1N1NNNC1=O. The average Bonchev–Trinajstić information content (AvgIpc) is 3.51. The monoisotopic (exact) mass is 605 g/mol. The highest BCUT2D eigenvalue weighted by atomic mass is 19.4. The van der Waals surface area contributed by atoms with Crippen LogP contribution in [0.3, 0.4) is 0 Å². The van der Waals surface area contributed by atoms with Crippen LogP contribution < -0.4 is 26.5 Å². The maximum Gasteiger partial charge on any atom is 0.416 e. The minimum atomic E-state index is -5.25. The summed E-state index contributed by atoms with van der Waals surface area (Å²) in [6, 6.07) is 2.90. The summed E-state index contributed by atoms with van der Waals surface area (Å²) in [6.45, 7) is 0.0699. The highest BCUT2D eigenvalue weighted by Crippen LogP contribution is 2.49. The van der Waals surface area contributed by atoms with E-state index < -0.39 is 72.8 Å². The molecule has 3 amide bonds. The first-order valence-electron chi connectivity index (χ1n) is 13.0. The van der Waals surface area contributed by atoms with E-state index in [4.69, 9.17) is 4.74 Å². The molecule has 0 spiro atoms. The Morgan fingerprint density at radius 3 is 2.45 bits per heavy atom. The number of carbonyl (C=O) groups excluding carboxylic acids is 2. The molecule has 10 nitrogen and oxygen atoms in total. The van der Waals surface area contributed by atoms with Gasteiger partial charge in [-0.05, 0) is 43.4 Å². The molecule has 1 aromatic heterocycles. The van der Waals surface area contributed by atoms with Crippen molar-refractivity contribution in [3.63, 3.8) is 0 Å². The van der Waals surface area contributed by atoms with Gasteiger partial charge in [0.1, 0.15) is 17.3 Å². The van der Waals surface area contributed by atoms with Crippen molar-refractivity contribution in [3.8, 4) is 5.75 Å². The van der Waals surface area contributed by atoms with Crippen molar-refractivity contribution in [3.05, 3.63) is 53.2 Å². The van der Waals surface area contributed by atoms with Crippen LogP contribution in [0.25, 0.3) is 5.57 Å². The van der Waals surface area contributed by atoms with Crippen molar-refractivity contribution in [2.75, 3.05) is 6.61 Å². The molecule has 228 valence electrons. The van der Waals surface area contributed by atoms with Crippen LogP contribution in [-0.2, 0) is 16.9 Å². The molecule has 1 aliphatic carbocycles. The van der Waals surface area contributed by atoms with Crippen LogP contribution in [0.4, 0.5) is 35.5 Å². The summed E-state index contributed by atoms with van der Waals surface area (Å²) >= 11 is 0. The van der Waals surface area contributed by atoms with Crippen LogP contribution >= 0.6 is 0 Å². The van der Waals surface area contributed by atoms with Crippen molar-refractivity contribution < 1.29 is 45.1 Å². The topological polar surface area (TPSA) is 113 Å². The molecule has 2 aliphatic heterocycles. The number of rotatable bonds is 9. The lowest BCUT2D eigenvalue weighted by Gasteiger charge is -2.42. The normalized spacial score (nSPS) is 21.8. The van der Waals surface area contributed by atoms with Crippen molar-refractivity contribution >= 4 is 17.5 Å². The fourth-order valence-electron chi connectivity index (χ4n) is 5.08. The third-order valence-electron chi connectivity index (χ3n) is 7.41. The van der Waals surface area contributed by atoms with Gasteiger partial charge in [-0.15, -0.1) is 11.1 Å². The van der Waals surface area contributed by atoms with Gasteiger partial charge in [0.05, 0.1) is 12.3 Å². The molecule has 42 heavy (non-hydrogen) atoms. The molecule has 5 rings (SSSR count). The smallest absolute Gasteiger partial charge is 0.416 e. The van der Waals surface area contributed by atoms with Crippen LogP contribution in [0.1, 0.15) is 49.8 Å². The largest absolute Gasteiger partial charge is 0.493 e. The Kier molecular flexibility index (Phi) is 7.82. The van der Waals surface area contributed by atoms with Gasteiger partial charge < -0.3 is 10.1 Å². The second-order valence-electron chi connectivity index (χ2n) is 10.3. The van der Waals surface area contributed by atoms with E-state index in [2.05, 4.69) is 21.6 Å². The first-order valence-corrected chi connectivity index (χ1v) is 13.0. The van der Waals surface area contributed by atoms with Crippen LogP contribution in [0.5, 0.6) is 5.75 Å². The first kappa shape index (κ1) is 29.6. The molecule has 0 radical (unpaired) electrons. The van der Waals surface area contributed by atoms with Gasteiger partial charge in [0.15, 0.2) is 5.54 Å². The molecule has 3 heterocycles. The molecular formula is C25H26F7N7O3. The van der Waals surface area contributed by atoms with E-state index in [1.807, 2.05) is 5.32 Å². The fraction of sp³-hybridized carbons (Fsp3) is 0.480. The summed E-state index contributed by atoms with van der Waals surface area (Å²) < 4.78 is 104. The van der Waals surface area contributed by atoms with Crippen LogP contribution in [0.15, 0.2) is 36.2 Å². The number of urea groups is 1. The van der Waals surface area contributed by atoms with Crippen molar-refractivity contribution in [1.29, 1.82) is 0 Å². The quantitative estimate of drug-likeness (QED) is 0.252. The molecule has 0 unspecified atom stereocenters. The molecule has 2 fully saturated rings. The lowest BCUT2D eigenvalue weighted by atomic mass is 9.78. The van der Waals surface area contributed by atoms with Crippen LogP contribution in [0.2, 0.25) is 0 Å². The Hall–Kier alpha value is -3.86. The van der Waals surface area contributed by atoms with Gasteiger partial charge in [0.2, 0.25) is 0 Å². The zero-order valence-corrected chi connectivity index (χ0v) is 21.8. The standard InChI is InChI=1S/C25H26F7N7O3/c26-18-11-15(42-10-2-8-24(27,28)29)5-6-17(18)23(25(30,31)32)12-16(19-7-9-38(35-19)13-14-3-1-4-14)20(21(40)33-23)39-22(41)34-36-37-39/h5-7,9,11,14,36-37H,1-4,8,10,12-13H2,(H,33,40)(H,34,41)/t23-/m0/s1. The predicted molar refractivity (Wildman–Crippen MR) is 131 cm³/mol. The predicted octanol–water partition coefficient (Wildman–Crippen LogP) is 4.18. The molecule has 3 aliphatic rings. The number of aromatic nitrogens is 2. The summed E-state index contributed by atoms with van der Waals surface area (Å²) in [4.78, 5) is 25.8. The number of hydrogen-bond acceptors (Lipinski definition) is 6. The van der Waals surface area contributed by atoms with Crippen LogP contribution in [0, 0.1) is 11.7 Å². The van der Waals surface area contributed by atoms with E-state index in [0.29, 0.717) is 23.5 Å². The first-order chi connectivity index (χ1) is 19.8. The number of nitrogens with zero attached hydrogens (tertiary/aromatic N) is 3. The Labute approximate surface area is 234 Å². The highest BCUT2D eigenvalue weighted by Gasteiger charge is 2.61. The Morgan fingerprint density at radius 1 is 1.10 bits per heavy atom. The number of halogens is 7. The molecule has 17 heteroatoms.